The number of nitrogens with zero attached hydrogens (tertiary/aromatic N) is 1. The van der Waals surface area contributed by atoms with Gasteiger partial charge in [0.2, 0.25) is 0 Å². The van der Waals surface area contributed by atoms with Crippen molar-refractivity contribution in [2.45, 2.75) is 6.54 Å². The Morgan fingerprint density at radius 1 is 0.963 bits per heavy atom. The zero-order valence-electron chi connectivity index (χ0n) is 14.1. The average Bonchev–Trinajstić information content (AvgIpc) is 2.70. The molecular weight excluding hydrogens is 369 g/mol. The Hall–Kier alpha value is -3.25. The summed E-state index contributed by atoms with van der Waals surface area (Å²) >= 11 is 5.71. The monoisotopic (exact) mass is 383 g/mol. The minimum Gasteiger partial charge on any atom is -0.346 e. The van der Waals surface area contributed by atoms with E-state index in [0.29, 0.717) is 16.8 Å². The van der Waals surface area contributed by atoms with Gasteiger partial charge in [-0.3, -0.25) is 14.6 Å². The highest BCUT2D eigenvalue weighted by molar-refractivity contribution is 6.31. The van der Waals surface area contributed by atoms with E-state index in [9.17, 15) is 14.0 Å². The second kappa shape index (κ2) is 8.42. The SMILES string of the molecule is O=C(NCc1ccccn1)c1cccc(C(=O)Nc2ccc(F)c(Cl)c2)c1. The van der Waals surface area contributed by atoms with Gasteiger partial charge in [-0.2, -0.15) is 0 Å². The first-order valence-electron chi connectivity index (χ1n) is 8.07. The molecule has 0 fully saturated rings. The molecule has 0 saturated carbocycles. The molecule has 3 aromatic rings. The normalized spacial score (nSPS) is 10.3. The smallest absolute Gasteiger partial charge is 0.255 e. The number of hydrogen-bond acceptors (Lipinski definition) is 3. The molecule has 0 aliphatic carbocycles. The molecule has 2 N–H and O–H groups in total. The van der Waals surface area contributed by atoms with Crippen molar-refractivity contribution in [3.63, 3.8) is 0 Å². The van der Waals surface area contributed by atoms with Crippen LogP contribution < -0.4 is 10.6 Å². The van der Waals surface area contributed by atoms with E-state index >= 15 is 0 Å². The van der Waals surface area contributed by atoms with Gasteiger partial charge in [-0.25, -0.2) is 4.39 Å². The minimum absolute atomic E-state index is 0.0875. The fourth-order valence-corrected chi connectivity index (χ4v) is 2.53. The molecule has 0 radical (unpaired) electrons. The summed E-state index contributed by atoms with van der Waals surface area (Å²) in [7, 11) is 0. The predicted octanol–water partition coefficient (Wildman–Crippen LogP) is 4.06. The third-order valence-electron chi connectivity index (χ3n) is 3.72. The van der Waals surface area contributed by atoms with E-state index in [1.807, 2.05) is 6.07 Å². The van der Waals surface area contributed by atoms with Crippen LogP contribution in [-0.2, 0) is 6.54 Å². The van der Waals surface area contributed by atoms with Crippen LogP contribution >= 0.6 is 11.6 Å². The van der Waals surface area contributed by atoms with Crippen molar-refractivity contribution in [3.05, 3.63) is 94.5 Å². The molecule has 3 rings (SSSR count). The van der Waals surface area contributed by atoms with Crippen LogP contribution in [0.5, 0.6) is 0 Å². The van der Waals surface area contributed by atoms with Crippen LogP contribution in [-0.4, -0.2) is 16.8 Å². The number of hydrogen-bond donors (Lipinski definition) is 2. The fraction of sp³-hybridized carbons (Fsp3) is 0.0500. The molecule has 0 atom stereocenters. The van der Waals surface area contributed by atoms with Crippen molar-refractivity contribution in [1.29, 1.82) is 0 Å². The topological polar surface area (TPSA) is 71.1 Å². The number of carbonyl (C=O) groups excluding carboxylic acids is 2. The number of carbonyl (C=O) groups is 2. The molecule has 0 aliphatic heterocycles. The maximum Gasteiger partial charge on any atom is 0.255 e. The summed E-state index contributed by atoms with van der Waals surface area (Å²) < 4.78 is 13.2. The molecule has 2 aromatic carbocycles. The van der Waals surface area contributed by atoms with Gasteiger partial charge in [0.15, 0.2) is 0 Å². The molecule has 5 nitrogen and oxygen atoms in total. The molecule has 0 bridgehead atoms. The highest BCUT2D eigenvalue weighted by atomic mass is 35.5. The van der Waals surface area contributed by atoms with Crippen molar-refractivity contribution in [2.75, 3.05) is 5.32 Å². The Morgan fingerprint density at radius 2 is 1.74 bits per heavy atom. The number of aromatic nitrogens is 1. The Bertz CT molecular complexity index is 980. The van der Waals surface area contributed by atoms with E-state index in [2.05, 4.69) is 15.6 Å². The van der Waals surface area contributed by atoms with Crippen LogP contribution in [0.3, 0.4) is 0 Å². The van der Waals surface area contributed by atoms with E-state index in [4.69, 9.17) is 11.6 Å². The summed E-state index contributed by atoms with van der Waals surface area (Å²) in [6.07, 6.45) is 1.65. The van der Waals surface area contributed by atoms with Crippen LogP contribution in [0.1, 0.15) is 26.4 Å². The molecule has 2 amide bonds. The first kappa shape index (κ1) is 18.5. The lowest BCUT2D eigenvalue weighted by Gasteiger charge is -2.08. The Balaban J connectivity index is 1.67. The van der Waals surface area contributed by atoms with Gasteiger partial charge >= 0.3 is 0 Å². The van der Waals surface area contributed by atoms with Gasteiger partial charge in [0, 0.05) is 23.0 Å². The van der Waals surface area contributed by atoms with Crippen molar-refractivity contribution in [3.8, 4) is 0 Å². The number of nitrogens with one attached hydrogen (secondary N) is 2. The number of halogens is 2. The lowest BCUT2D eigenvalue weighted by Crippen LogP contribution is -2.23. The summed E-state index contributed by atoms with van der Waals surface area (Å²) in [5.74, 6) is -1.32. The van der Waals surface area contributed by atoms with Gasteiger partial charge < -0.3 is 10.6 Å². The van der Waals surface area contributed by atoms with Crippen molar-refractivity contribution in [2.24, 2.45) is 0 Å². The van der Waals surface area contributed by atoms with Crippen LogP contribution in [0.4, 0.5) is 10.1 Å². The van der Waals surface area contributed by atoms with Crippen LogP contribution in [0, 0.1) is 5.82 Å². The predicted molar refractivity (Wildman–Crippen MR) is 101 cm³/mol. The minimum atomic E-state index is -0.568. The third kappa shape index (κ3) is 4.89. The van der Waals surface area contributed by atoms with Crippen LogP contribution in [0.15, 0.2) is 66.9 Å². The Morgan fingerprint density at radius 3 is 2.44 bits per heavy atom. The molecule has 7 heteroatoms. The lowest BCUT2D eigenvalue weighted by atomic mass is 10.1. The highest BCUT2D eigenvalue weighted by Crippen LogP contribution is 2.20. The van der Waals surface area contributed by atoms with Crippen molar-refractivity contribution >= 4 is 29.1 Å². The van der Waals surface area contributed by atoms with E-state index in [1.54, 1.807) is 36.5 Å². The molecule has 1 heterocycles. The molecule has 1 aromatic heterocycles. The summed E-state index contributed by atoms with van der Waals surface area (Å²) in [4.78, 5) is 28.8. The van der Waals surface area contributed by atoms with Gasteiger partial charge in [-0.1, -0.05) is 23.7 Å². The van der Waals surface area contributed by atoms with Gasteiger partial charge in [0.1, 0.15) is 5.82 Å². The maximum absolute atomic E-state index is 13.2. The van der Waals surface area contributed by atoms with E-state index < -0.39 is 11.7 Å². The first-order valence-corrected chi connectivity index (χ1v) is 8.45. The fourth-order valence-electron chi connectivity index (χ4n) is 2.35. The Kier molecular flexibility index (Phi) is 5.78. The standard InChI is InChI=1S/C20H15ClFN3O2/c21-17-11-15(7-8-18(17)22)25-20(27)14-5-3-4-13(10-14)19(26)24-12-16-6-1-2-9-23-16/h1-11H,12H2,(H,24,26)(H,25,27). The molecule has 0 saturated heterocycles. The van der Waals surface area contributed by atoms with E-state index in [1.165, 1.54) is 24.3 Å². The van der Waals surface area contributed by atoms with Gasteiger partial charge in [0.05, 0.1) is 17.3 Å². The summed E-state index contributed by atoms with van der Waals surface area (Å²) in [6.45, 7) is 0.282. The van der Waals surface area contributed by atoms with E-state index in [0.717, 1.165) is 5.69 Å². The summed E-state index contributed by atoms with van der Waals surface area (Å²) in [5.41, 5.74) is 1.72. The first-order chi connectivity index (χ1) is 13.0. The summed E-state index contributed by atoms with van der Waals surface area (Å²) in [5, 5.41) is 5.28. The maximum atomic E-state index is 13.2. The zero-order valence-corrected chi connectivity index (χ0v) is 14.8. The average molecular weight is 384 g/mol. The number of amides is 2. The zero-order chi connectivity index (χ0) is 19.2. The number of pyridine rings is 1. The van der Waals surface area contributed by atoms with Gasteiger partial charge in [-0.15, -0.1) is 0 Å². The van der Waals surface area contributed by atoms with Gasteiger partial charge in [-0.05, 0) is 48.5 Å². The molecule has 27 heavy (non-hydrogen) atoms. The highest BCUT2D eigenvalue weighted by Gasteiger charge is 2.12. The third-order valence-corrected chi connectivity index (χ3v) is 4.01. The molecule has 136 valence electrons. The molecular formula is C20H15ClFN3O2. The van der Waals surface area contributed by atoms with E-state index in [-0.39, 0.29) is 17.5 Å². The quantitative estimate of drug-likeness (QED) is 0.698. The van der Waals surface area contributed by atoms with Crippen LogP contribution in [0.25, 0.3) is 0 Å². The lowest BCUT2D eigenvalue weighted by molar-refractivity contribution is 0.0950. The molecule has 0 spiro atoms. The number of anilines is 1. The number of benzene rings is 2. The Labute approximate surface area is 160 Å². The molecule has 0 unspecified atom stereocenters. The number of rotatable bonds is 5. The van der Waals surface area contributed by atoms with Crippen molar-refractivity contribution in [1.82, 2.24) is 10.3 Å². The summed E-state index contributed by atoms with van der Waals surface area (Å²) in [6, 6.07) is 15.6. The molecule has 0 aliphatic rings. The second-order valence-corrected chi connectivity index (χ2v) is 6.07. The van der Waals surface area contributed by atoms with Gasteiger partial charge in [0.25, 0.3) is 11.8 Å². The van der Waals surface area contributed by atoms with Crippen molar-refractivity contribution < 1.29 is 14.0 Å². The largest absolute Gasteiger partial charge is 0.346 e. The second-order valence-electron chi connectivity index (χ2n) is 5.67. The van der Waals surface area contributed by atoms with Crippen LogP contribution in [0.2, 0.25) is 5.02 Å².